The lowest BCUT2D eigenvalue weighted by molar-refractivity contribution is -0.140. The highest BCUT2D eigenvalue weighted by atomic mass is 16.4. The number of carbonyl (C=O) groups excluding carboxylic acids is 1. The topological polar surface area (TPSA) is 110 Å². The number of hydrogen-bond donors (Lipinski definition) is 3. The van der Waals surface area contributed by atoms with Gasteiger partial charge in [0, 0.05) is 38.6 Å². The van der Waals surface area contributed by atoms with E-state index >= 15 is 0 Å². The third-order valence-corrected chi connectivity index (χ3v) is 3.91. The Morgan fingerprint density at radius 3 is 2.19 bits per heavy atom. The van der Waals surface area contributed by atoms with Gasteiger partial charge in [-0.1, -0.05) is 0 Å². The molecule has 0 bridgehead atoms. The molecule has 2 fully saturated rings. The summed E-state index contributed by atoms with van der Waals surface area (Å²) in [7, 11) is 0. The van der Waals surface area contributed by atoms with E-state index in [2.05, 4.69) is 10.2 Å². The number of carboxylic acids is 2. The van der Waals surface area contributed by atoms with Crippen molar-refractivity contribution < 1.29 is 24.6 Å². The molecule has 2 amide bonds. The maximum absolute atomic E-state index is 12.0. The van der Waals surface area contributed by atoms with Crippen LogP contribution in [0.5, 0.6) is 0 Å². The van der Waals surface area contributed by atoms with Crippen LogP contribution in [0.25, 0.3) is 0 Å². The molecule has 2 aliphatic rings. The minimum atomic E-state index is -1.21. The molecule has 1 saturated heterocycles. The van der Waals surface area contributed by atoms with Crippen molar-refractivity contribution in [3.63, 3.8) is 0 Å². The Balaban J connectivity index is 1.78. The third kappa shape index (κ3) is 4.59. The predicted octanol–water partition coefficient (Wildman–Crippen LogP) is -0.206. The lowest BCUT2D eigenvalue weighted by Crippen LogP contribution is -2.55. The van der Waals surface area contributed by atoms with Crippen LogP contribution in [0.4, 0.5) is 4.79 Å². The molecule has 1 atom stereocenters. The molecular weight excluding hydrogens is 278 g/mol. The summed E-state index contributed by atoms with van der Waals surface area (Å²) in [5, 5.41) is 20.0. The Hall–Kier alpha value is -1.83. The summed E-state index contributed by atoms with van der Waals surface area (Å²) >= 11 is 0. The number of piperazine rings is 1. The largest absolute Gasteiger partial charge is 0.481 e. The van der Waals surface area contributed by atoms with Crippen LogP contribution in [0.2, 0.25) is 0 Å². The van der Waals surface area contributed by atoms with Crippen molar-refractivity contribution in [1.82, 2.24) is 15.1 Å². The van der Waals surface area contributed by atoms with Gasteiger partial charge in [-0.05, 0) is 19.3 Å². The molecule has 1 aliphatic heterocycles. The molecular formula is C13H21N3O5. The Morgan fingerprint density at radius 1 is 1.10 bits per heavy atom. The van der Waals surface area contributed by atoms with Crippen molar-refractivity contribution in [3.05, 3.63) is 0 Å². The zero-order chi connectivity index (χ0) is 15.4. The van der Waals surface area contributed by atoms with Gasteiger partial charge in [0.05, 0.1) is 0 Å². The average molecular weight is 299 g/mol. The maximum Gasteiger partial charge on any atom is 0.326 e. The molecule has 0 aromatic heterocycles. The van der Waals surface area contributed by atoms with Crippen LogP contribution in [0, 0.1) is 0 Å². The van der Waals surface area contributed by atoms with E-state index in [0.29, 0.717) is 19.1 Å². The van der Waals surface area contributed by atoms with Crippen LogP contribution in [-0.2, 0) is 9.59 Å². The molecule has 0 spiro atoms. The molecule has 0 aromatic rings. The van der Waals surface area contributed by atoms with Crippen molar-refractivity contribution in [1.29, 1.82) is 0 Å². The van der Waals surface area contributed by atoms with Crippen molar-refractivity contribution in [2.24, 2.45) is 0 Å². The zero-order valence-corrected chi connectivity index (χ0v) is 11.8. The number of hydrogen-bond acceptors (Lipinski definition) is 4. The fourth-order valence-corrected chi connectivity index (χ4v) is 2.50. The first-order valence-corrected chi connectivity index (χ1v) is 7.21. The first-order chi connectivity index (χ1) is 9.97. The second kappa shape index (κ2) is 6.75. The van der Waals surface area contributed by atoms with E-state index in [9.17, 15) is 14.4 Å². The molecule has 0 radical (unpaired) electrons. The van der Waals surface area contributed by atoms with Crippen LogP contribution >= 0.6 is 0 Å². The summed E-state index contributed by atoms with van der Waals surface area (Å²) in [6, 6.07) is -0.921. The number of urea groups is 1. The second-order valence-corrected chi connectivity index (χ2v) is 5.53. The minimum absolute atomic E-state index is 0.113. The Morgan fingerprint density at radius 2 is 1.71 bits per heavy atom. The number of carboxylic acid groups (broad SMARTS) is 2. The van der Waals surface area contributed by atoms with Crippen LogP contribution in [0.1, 0.15) is 25.7 Å². The van der Waals surface area contributed by atoms with Gasteiger partial charge in [-0.3, -0.25) is 9.69 Å². The molecule has 21 heavy (non-hydrogen) atoms. The molecule has 118 valence electrons. The maximum atomic E-state index is 12.0. The van der Waals surface area contributed by atoms with E-state index in [0.717, 1.165) is 13.1 Å². The first kappa shape index (κ1) is 15.6. The number of nitrogens with zero attached hydrogens (tertiary/aromatic N) is 2. The van der Waals surface area contributed by atoms with Crippen molar-refractivity contribution in [2.75, 3.05) is 26.2 Å². The number of nitrogens with one attached hydrogen (secondary N) is 1. The van der Waals surface area contributed by atoms with Crippen LogP contribution in [0.3, 0.4) is 0 Å². The molecule has 0 aromatic carbocycles. The van der Waals surface area contributed by atoms with E-state index in [1.54, 1.807) is 4.90 Å². The Kier molecular flexibility index (Phi) is 5.00. The van der Waals surface area contributed by atoms with E-state index in [1.807, 2.05) is 0 Å². The van der Waals surface area contributed by atoms with Crippen LogP contribution in [-0.4, -0.2) is 76.2 Å². The van der Waals surface area contributed by atoms with Gasteiger partial charge < -0.3 is 20.4 Å². The molecule has 8 heteroatoms. The standard InChI is InChI=1S/C13H21N3O5/c17-11(18)4-3-10(12(19)20)14-13(21)16-7-5-15(6-8-16)9-1-2-9/h9-10H,1-8H2,(H,14,21)(H,17,18)(H,19,20)/t10-/m0/s1. The summed E-state index contributed by atoms with van der Waals surface area (Å²) < 4.78 is 0. The van der Waals surface area contributed by atoms with Crippen molar-refractivity contribution >= 4 is 18.0 Å². The van der Waals surface area contributed by atoms with Gasteiger partial charge in [0.25, 0.3) is 0 Å². The minimum Gasteiger partial charge on any atom is -0.481 e. The fourth-order valence-electron chi connectivity index (χ4n) is 2.50. The van der Waals surface area contributed by atoms with Crippen LogP contribution in [0.15, 0.2) is 0 Å². The first-order valence-electron chi connectivity index (χ1n) is 7.21. The number of rotatable bonds is 6. The molecule has 1 saturated carbocycles. The quantitative estimate of drug-likeness (QED) is 0.626. The summed E-state index contributed by atoms with van der Waals surface area (Å²) in [5.74, 6) is -2.28. The highest BCUT2D eigenvalue weighted by Crippen LogP contribution is 2.27. The van der Waals surface area contributed by atoms with Crippen LogP contribution < -0.4 is 5.32 Å². The number of aliphatic carboxylic acids is 2. The Bertz CT molecular complexity index is 416. The lowest BCUT2D eigenvalue weighted by Gasteiger charge is -2.35. The summed E-state index contributed by atoms with van der Waals surface area (Å²) in [4.78, 5) is 37.5. The van der Waals surface area contributed by atoms with E-state index in [4.69, 9.17) is 10.2 Å². The SMILES string of the molecule is O=C(O)CC[C@H](NC(=O)N1CCN(C2CC2)CC1)C(=O)O. The average Bonchev–Trinajstić information content (AvgIpc) is 3.27. The van der Waals surface area contributed by atoms with Crippen molar-refractivity contribution in [2.45, 2.75) is 37.8 Å². The number of amides is 2. The summed E-state index contributed by atoms with van der Waals surface area (Å²) in [6.07, 6.45) is 2.05. The van der Waals surface area contributed by atoms with Gasteiger partial charge in [0.2, 0.25) is 0 Å². The highest BCUT2D eigenvalue weighted by Gasteiger charge is 2.33. The van der Waals surface area contributed by atoms with E-state index < -0.39 is 24.0 Å². The van der Waals surface area contributed by atoms with Gasteiger partial charge in [0.15, 0.2) is 0 Å². The molecule has 3 N–H and O–H groups in total. The summed E-state index contributed by atoms with van der Waals surface area (Å²) in [6.45, 7) is 2.77. The second-order valence-electron chi connectivity index (χ2n) is 5.53. The van der Waals surface area contributed by atoms with Gasteiger partial charge in [-0.25, -0.2) is 9.59 Å². The predicted molar refractivity (Wildman–Crippen MR) is 73.0 cm³/mol. The molecule has 2 rings (SSSR count). The normalized spacial score (nSPS) is 20.9. The van der Waals surface area contributed by atoms with Gasteiger partial charge in [0.1, 0.15) is 6.04 Å². The van der Waals surface area contributed by atoms with E-state index in [-0.39, 0.29) is 12.8 Å². The number of carbonyl (C=O) groups is 3. The zero-order valence-electron chi connectivity index (χ0n) is 11.8. The smallest absolute Gasteiger partial charge is 0.326 e. The van der Waals surface area contributed by atoms with Crippen molar-refractivity contribution in [3.8, 4) is 0 Å². The summed E-state index contributed by atoms with van der Waals surface area (Å²) in [5.41, 5.74) is 0. The Labute approximate surface area is 122 Å². The highest BCUT2D eigenvalue weighted by molar-refractivity contribution is 5.83. The fraction of sp³-hybridized carbons (Fsp3) is 0.769. The monoisotopic (exact) mass is 299 g/mol. The molecule has 8 nitrogen and oxygen atoms in total. The van der Waals surface area contributed by atoms with Gasteiger partial charge in [-0.2, -0.15) is 0 Å². The molecule has 0 unspecified atom stereocenters. The van der Waals surface area contributed by atoms with Gasteiger partial charge in [-0.15, -0.1) is 0 Å². The third-order valence-electron chi connectivity index (χ3n) is 3.91. The molecule has 1 heterocycles. The van der Waals surface area contributed by atoms with Gasteiger partial charge >= 0.3 is 18.0 Å². The molecule has 1 aliphatic carbocycles. The van der Waals surface area contributed by atoms with E-state index in [1.165, 1.54) is 12.8 Å². The lowest BCUT2D eigenvalue weighted by atomic mass is 10.1.